The van der Waals surface area contributed by atoms with Crippen LogP contribution < -0.4 is 5.73 Å². The maximum Gasteiger partial charge on any atom is 0.411 e. The molecule has 0 aliphatic carbocycles. The summed E-state index contributed by atoms with van der Waals surface area (Å²) in [5, 5.41) is 0.857. The van der Waals surface area contributed by atoms with Crippen LogP contribution >= 0.6 is 23.2 Å². The summed E-state index contributed by atoms with van der Waals surface area (Å²) < 4.78 is 40.0. The fraction of sp³-hybridized carbons (Fsp3) is 0.500. The minimum atomic E-state index is -4.31. The number of alkyl halides is 3. The molecule has 2 N–H and O–H groups in total. The van der Waals surface area contributed by atoms with Crippen molar-refractivity contribution in [3.63, 3.8) is 0 Å². The van der Waals surface area contributed by atoms with E-state index in [0.29, 0.717) is 22.9 Å². The third kappa shape index (κ3) is 6.47. The predicted molar refractivity (Wildman–Crippen MR) is 69.6 cm³/mol. The van der Waals surface area contributed by atoms with Crippen molar-refractivity contribution in [3.05, 3.63) is 33.8 Å². The Balaban J connectivity index is 2.35. The second-order valence-electron chi connectivity index (χ2n) is 4.13. The zero-order valence-corrected chi connectivity index (χ0v) is 11.5. The van der Waals surface area contributed by atoms with Gasteiger partial charge in [0.2, 0.25) is 0 Å². The molecule has 0 bridgehead atoms. The molecule has 1 aromatic carbocycles. The fourth-order valence-electron chi connectivity index (χ4n) is 1.51. The Labute approximate surface area is 119 Å². The average molecular weight is 316 g/mol. The first-order valence-electron chi connectivity index (χ1n) is 5.62. The van der Waals surface area contributed by atoms with E-state index in [1.165, 1.54) is 0 Å². The zero-order chi connectivity index (χ0) is 14.5. The van der Waals surface area contributed by atoms with Crippen LogP contribution in [0.1, 0.15) is 12.0 Å². The van der Waals surface area contributed by atoms with Crippen molar-refractivity contribution < 1.29 is 17.9 Å². The molecule has 0 amide bonds. The van der Waals surface area contributed by atoms with E-state index in [4.69, 9.17) is 28.9 Å². The molecule has 0 aliphatic rings. The molecule has 7 heteroatoms. The molecule has 1 aromatic rings. The van der Waals surface area contributed by atoms with Crippen LogP contribution in [0.15, 0.2) is 18.2 Å². The zero-order valence-electron chi connectivity index (χ0n) is 10.0. The van der Waals surface area contributed by atoms with Gasteiger partial charge < -0.3 is 10.5 Å². The van der Waals surface area contributed by atoms with Crippen molar-refractivity contribution in [3.8, 4) is 0 Å². The third-order valence-electron chi connectivity index (χ3n) is 2.41. The smallest absolute Gasteiger partial charge is 0.372 e. The van der Waals surface area contributed by atoms with Crippen LogP contribution in [0.2, 0.25) is 10.0 Å². The maximum atomic E-state index is 11.8. The topological polar surface area (TPSA) is 35.2 Å². The van der Waals surface area contributed by atoms with Gasteiger partial charge in [0.1, 0.15) is 6.61 Å². The van der Waals surface area contributed by atoms with Gasteiger partial charge in [0.05, 0.1) is 10.0 Å². The molecule has 0 aliphatic heterocycles. The highest BCUT2D eigenvalue weighted by Gasteiger charge is 2.27. The Morgan fingerprint density at radius 1 is 1.26 bits per heavy atom. The molecule has 1 atom stereocenters. The molecule has 0 spiro atoms. The molecular formula is C12H14Cl2F3NO. The number of nitrogens with two attached hydrogens (primary N) is 1. The standard InChI is InChI=1S/C12H14Cl2F3NO/c13-10-3-1-2-8(11(10)14)6-9(18)4-5-19-7-12(15,16)17/h1-3,9H,4-7,18H2. The third-order valence-corrected chi connectivity index (χ3v) is 3.27. The van der Waals surface area contributed by atoms with Crippen LogP contribution in [0.3, 0.4) is 0 Å². The van der Waals surface area contributed by atoms with Gasteiger partial charge in [0.15, 0.2) is 0 Å². The van der Waals surface area contributed by atoms with Gasteiger partial charge in [-0.05, 0) is 24.5 Å². The van der Waals surface area contributed by atoms with Crippen LogP contribution in [-0.2, 0) is 11.2 Å². The van der Waals surface area contributed by atoms with Crippen LogP contribution in [0.5, 0.6) is 0 Å². The first-order valence-corrected chi connectivity index (χ1v) is 6.38. The first-order chi connectivity index (χ1) is 8.79. The van der Waals surface area contributed by atoms with E-state index in [1.807, 2.05) is 0 Å². The molecule has 0 saturated carbocycles. The highest BCUT2D eigenvalue weighted by Crippen LogP contribution is 2.26. The lowest BCUT2D eigenvalue weighted by Crippen LogP contribution is -2.26. The molecule has 0 radical (unpaired) electrons. The van der Waals surface area contributed by atoms with Crippen molar-refractivity contribution >= 4 is 23.2 Å². The van der Waals surface area contributed by atoms with E-state index in [2.05, 4.69) is 4.74 Å². The summed E-state index contributed by atoms with van der Waals surface area (Å²) in [5.74, 6) is 0. The lowest BCUT2D eigenvalue weighted by molar-refractivity contribution is -0.174. The summed E-state index contributed by atoms with van der Waals surface area (Å²) in [6.45, 7) is -1.30. The minimum absolute atomic E-state index is 0.0428. The molecule has 0 fully saturated rings. The van der Waals surface area contributed by atoms with Gasteiger partial charge in [-0.1, -0.05) is 35.3 Å². The summed E-state index contributed by atoms with van der Waals surface area (Å²) in [6.07, 6.45) is -3.55. The van der Waals surface area contributed by atoms with Crippen LogP contribution in [-0.4, -0.2) is 25.4 Å². The monoisotopic (exact) mass is 315 g/mol. The SMILES string of the molecule is NC(CCOCC(F)(F)F)Cc1cccc(Cl)c1Cl. The number of halogens is 5. The Hall–Kier alpha value is -0.490. The largest absolute Gasteiger partial charge is 0.411 e. The Kier molecular flexibility index (Phi) is 6.39. The van der Waals surface area contributed by atoms with Gasteiger partial charge in [0.25, 0.3) is 0 Å². The van der Waals surface area contributed by atoms with E-state index in [-0.39, 0.29) is 12.6 Å². The molecule has 2 nitrogen and oxygen atoms in total. The molecule has 1 unspecified atom stereocenters. The number of ether oxygens (including phenoxy) is 1. The van der Waals surface area contributed by atoms with E-state index < -0.39 is 12.8 Å². The summed E-state index contributed by atoms with van der Waals surface area (Å²) in [4.78, 5) is 0. The summed E-state index contributed by atoms with van der Waals surface area (Å²) in [6, 6.07) is 4.86. The van der Waals surface area contributed by atoms with Crippen molar-refractivity contribution in [1.82, 2.24) is 0 Å². The summed E-state index contributed by atoms with van der Waals surface area (Å²) in [7, 11) is 0. The lowest BCUT2D eigenvalue weighted by Gasteiger charge is -2.14. The Morgan fingerprint density at radius 2 is 1.95 bits per heavy atom. The quantitative estimate of drug-likeness (QED) is 0.810. The fourth-order valence-corrected chi connectivity index (χ4v) is 1.91. The first kappa shape index (κ1) is 16.6. The van der Waals surface area contributed by atoms with Gasteiger partial charge in [-0.15, -0.1) is 0 Å². The van der Waals surface area contributed by atoms with Crippen molar-refractivity contribution in [2.24, 2.45) is 5.73 Å². The van der Waals surface area contributed by atoms with Crippen LogP contribution in [0, 0.1) is 0 Å². The van der Waals surface area contributed by atoms with Gasteiger partial charge in [-0.3, -0.25) is 0 Å². The average Bonchev–Trinajstić information content (AvgIpc) is 2.29. The van der Waals surface area contributed by atoms with E-state index in [9.17, 15) is 13.2 Å². The molecule has 19 heavy (non-hydrogen) atoms. The molecule has 0 saturated heterocycles. The Morgan fingerprint density at radius 3 is 2.58 bits per heavy atom. The highest BCUT2D eigenvalue weighted by atomic mass is 35.5. The van der Waals surface area contributed by atoms with Crippen LogP contribution in [0.25, 0.3) is 0 Å². The second-order valence-corrected chi connectivity index (χ2v) is 4.92. The van der Waals surface area contributed by atoms with Crippen LogP contribution in [0.4, 0.5) is 13.2 Å². The Bertz CT molecular complexity index is 412. The van der Waals surface area contributed by atoms with Crippen molar-refractivity contribution in [1.29, 1.82) is 0 Å². The second kappa shape index (κ2) is 7.33. The van der Waals surface area contributed by atoms with Crippen molar-refractivity contribution in [2.45, 2.75) is 25.1 Å². The number of hydrogen-bond donors (Lipinski definition) is 1. The highest BCUT2D eigenvalue weighted by molar-refractivity contribution is 6.42. The maximum absolute atomic E-state index is 11.8. The van der Waals surface area contributed by atoms with E-state index in [1.54, 1.807) is 18.2 Å². The summed E-state index contributed by atoms with van der Waals surface area (Å²) >= 11 is 11.8. The molecule has 108 valence electrons. The minimum Gasteiger partial charge on any atom is -0.372 e. The summed E-state index contributed by atoms with van der Waals surface area (Å²) in [5.41, 5.74) is 6.59. The normalized spacial score (nSPS) is 13.6. The van der Waals surface area contributed by atoms with E-state index in [0.717, 1.165) is 5.56 Å². The lowest BCUT2D eigenvalue weighted by atomic mass is 10.0. The van der Waals surface area contributed by atoms with Gasteiger partial charge in [-0.25, -0.2) is 0 Å². The van der Waals surface area contributed by atoms with E-state index >= 15 is 0 Å². The number of hydrogen-bond acceptors (Lipinski definition) is 2. The number of rotatable bonds is 6. The van der Waals surface area contributed by atoms with Crippen molar-refractivity contribution in [2.75, 3.05) is 13.2 Å². The van der Waals surface area contributed by atoms with Gasteiger partial charge >= 0.3 is 6.18 Å². The molecular weight excluding hydrogens is 302 g/mol. The molecule has 0 heterocycles. The molecule has 0 aromatic heterocycles. The molecule has 1 rings (SSSR count). The predicted octanol–water partition coefficient (Wildman–Crippen LogP) is 3.83. The van der Waals surface area contributed by atoms with Gasteiger partial charge in [-0.2, -0.15) is 13.2 Å². The number of benzene rings is 1. The van der Waals surface area contributed by atoms with Gasteiger partial charge in [0, 0.05) is 12.6 Å².